The van der Waals surface area contributed by atoms with Gasteiger partial charge in [0, 0.05) is 12.1 Å². The molecule has 0 aliphatic carbocycles. The van der Waals surface area contributed by atoms with Crippen LogP contribution >= 0.6 is 0 Å². The van der Waals surface area contributed by atoms with Crippen molar-refractivity contribution in [1.82, 2.24) is 0 Å². The van der Waals surface area contributed by atoms with Crippen molar-refractivity contribution in [3.05, 3.63) is 12.3 Å². The predicted octanol–water partition coefficient (Wildman–Crippen LogP) is 4.31. The van der Waals surface area contributed by atoms with E-state index in [1.54, 1.807) is 0 Å². The van der Waals surface area contributed by atoms with Crippen molar-refractivity contribution in [3.8, 4) is 0 Å². The van der Waals surface area contributed by atoms with Crippen LogP contribution in [-0.4, -0.2) is 11.5 Å². The second-order valence-electron chi connectivity index (χ2n) is 4.84. The van der Waals surface area contributed by atoms with E-state index in [4.69, 9.17) is 4.74 Å². The average Bonchev–Trinajstić information content (AvgIpc) is 2.25. The molecule has 2 heteroatoms. The van der Waals surface area contributed by atoms with Gasteiger partial charge < -0.3 is 4.74 Å². The van der Waals surface area contributed by atoms with Crippen LogP contribution < -0.4 is 0 Å². The Hall–Kier alpha value is -0.790. The number of aliphatic imine (C=N–C) groups is 1. The molecule has 0 saturated carbocycles. The third-order valence-electron chi connectivity index (χ3n) is 3.19. The van der Waals surface area contributed by atoms with E-state index in [-0.39, 0.29) is 5.60 Å². The van der Waals surface area contributed by atoms with Crippen LogP contribution in [0.2, 0.25) is 0 Å². The lowest BCUT2D eigenvalue weighted by Crippen LogP contribution is -2.34. The normalized spacial score (nSPS) is 26.1. The topological polar surface area (TPSA) is 21.6 Å². The standard InChI is InChI=1S/C14H25NO/c1-5-8-12(7-3)13-15-11-10-14(4,16-13)9-6-2/h10-12H,5-9H2,1-4H3. The molecule has 0 fully saturated rings. The van der Waals surface area contributed by atoms with Gasteiger partial charge in [-0.25, -0.2) is 4.99 Å². The minimum atomic E-state index is -0.132. The van der Waals surface area contributed by atoms with Crippen LogP contribution in [0.3, 0.4) is 0 Å². The third-order valence-corrected chi connectivity index (χ3v) is 3.19. The van der Waals surface area contributed by atoms with E-state index in [2.05, 4.69) is 38.8 Å². The molecule has 16 heavy (non-hydrogen) atoms. The molecule has 2 unspecified atom stereocenters. The first-order valence-electron chi connectivity index (χ1n) is 6.59. The lowest BCUT2D eigenvalue weighted by atomic mass is 9.96. The maximum absolute atomic E-state index is 6.08. The van der Waals surface area contributed by atoms with Crippen molar-refractivity contribution in [3.63, 3.8) is 0 Å². The smallest absolute Gasteiger partial charge is 0.191 e. The molecule has 0 N–H and O–H groups in total. The van der Waals surface area contributed by atoms with Crippen LogP contribution in [0.25, 0.3) is 0 Å². The summed E-state index contributed by atoms with van der Waals surface area (Å²) in [5, 5.41) is 0. The molecule has 2 nitrogen and oxygen atoms in total. The van der Waals surface area contributed by atoms with E-state index in [0.717, 1.165) is 25.2 Å². The zero-order valence-electron chi connectivity index (χ0n) is 11.1. The molecule has 0 aromatic heterocycles. The Morgan fingerprint density at radius 2 is 2.06 bits per heavy atom. The van der Waals surface area contributed by atoms with E-state index in [1.807, 2.05) is 6.20 Å². The van der Waals surface area contributed by atoms with E-state index in [1.165, 1.54) is 12.8 Å². The fourth-order valence-electron chi connectivity index (χ4n) is 2.24. The second-order valence-corrected chi connectivity index (χ2v) is 4.84. The number of hydrogen-bond acceptors (Lipinski definition) is 2. The first kappa shape index (κ1) is 13.3. The summed E-state index contributed by atoms with van der Waals surface area (Å²) in [6.45, 7) is 8.77. The van der Waals surface area contributed by atoms with Gasteiger partial charge in [0.15, 0.2) is 5.90 Å². The fourth-order valence-corrected chi connectivity index (χ4v) is 2.24. The molecule has 92 valence electrons. The molecule has 1 rings (SSSR count). The number of hydrogen-bond donors (Lipinski definition) is 0. The van der Waals surface area contributed by atoms with Crippen LogP contribution in [-0.2, 0) is 4.74 Å². The van der Waals surface area contributed by atoms with Gasteiger partial charge in [-0.2, -0.15) is 0 Å². The molecule has 1 aliphatic heterocycles. The fraction of sp³-hybridized carbons (Fsp3) is 0.786. The van der Waals surface area contributed by atoms with Gasteiger partial charge in [0.1, 0.15) is 5.60 Å². The predicted molar refractivity (Wildman–Crippen MR) is 69.7 cm³/mol. The van der Waals surface area contributed by atoms with Gasteiger partial charge in [-0.1, -0.05) is 33.6 Å². The summed E-state index contributed by atoms with van der Waals surface area (Å²) in [6, 6.07) is 0. The first-order valence-corrected chi connectivity index (χ1v) is 6.59. The summed E-state index contributed by atoms with van der Waals surface area (Å²) >= 11 is 0. The lowest BCUT2D eigenvalue weighted by molar-refractivity contribution is 0.0990. The van der Waals surface area contributed by atoms with Crippen molar-refractivity contribution in [1.29, 1.82) is 0 Å². The SMILES string of the molecule is CCCC(CC)C1=NC=CC(C)(CCC)O1. The maximum Gasteiger partial charge on any atom is 0.191 e. The van der Waals surface area contributed by atoms with Gasteiger partial charge >= 0.3 is 0 Å². The van der Waals surface area contributed by atoms with Gasteiger partial charge in [-0.3, -0.25) is 0 Å². The molecular formula is C14H25NO. The number of nitrogens with zero attached hydrogens (tertiary/aromatic N) is 1. The van der Waals surface area contributed by atoms with Crippen LogP contribution in [0.4, 0.5) is 0 Å². The highest BCUT2D eigenvalue weighted by Gasteiger charge is 2.28. The van der Waals surface area contributed by atoms with Crippen molar-refractivity contribution in [2.24, 2.45) is 10.9 Å². The summed E-state index contributed by atoms with van der Waals surface area (Å²) < 4.78 is 6.08. The summed E-state index contributed by atoms with van der Waals surface area (Å²) in [4.78, 5) is 4.41. The van der Waals surface area contributed by atoms with Crippen LogP contribution in [0.1, 0.15) is 59.8 Å². The molecule has 1 aliphatic rings. The average molecular weight is 223 g/mol. The minimum absolute atomic E-state index is 0.132. The molecular weight excluding hydrogens is 198 g/mol. The molecule has 1 heterocycles. The van der Waals surface area contributed by atoms with E-state index in [9.17, 15) is 0 Å². The van der Waals surface area contributed by atoms with Gasteiger partial charge in [0.05, 0.1) is 0 Å². The first-order chi connectivity index (χ1) is 7.65. The highest BCUT2D eigenvalue weighted by Crippen LogP contribution is 2.27. The maximum atomic E-state index is 6.08. The summed E-state index contributed by atoms with van der Waals surface area (Å²) in [6.07, 6.45) is 9.68. The Labute approximate surface area is 99.8 Å². The van der Waals surface area contributed by atoms with Crippen LogP contribution in [0, 0.1) is 5.92 Å². The molecule has 0 spiro atoms. The van der Waals surface area contributed by atoms with Gasteiger partial charge in [0.2, 0.25) is 0 Å². The van der Waals surface area contributed by atoms with Crippen LogP contribution in [0.5, 0.6) is 0 Å². The zero-order chi connectivity index (χ0) is 12.0. The Morgan fingerprint density at radius 1 is 1.31 bits per heavy atom. The zero-order valence-corrected chi connectivity index (χ0v) is 11.1. The molecule has 2 atom stereocenters. The Morgan fingerprint density at radius 3 is 2.62 bits per heavy atom. The van der Waals surface area contributed by atoms with Crippen LogP contribution in [0.15, 0.2) is 17.3 Å². The molecule has 0 radical (unpaired) electrons. The monoisotopic (exact) mass is 223 g/mol. The highest BCUT2D eigenvalue weighted by molar-refractivity contribution is 5.80. The van der Waals surface area contributed by atoms with Gasteiger partial charge in [0.25, 0.3) is 0 Å². The van der Waals surface area contributed by atoms with Crippen molar-refractivity contribution in [2.45, 2.75) is 65.4 Å². The quantitative estimate of drug-likeness (QED) is 0.657. The third kappa shape index (κ3) is 3.36. The molecule has 0 bridgehead atoms. The summed E-state index contributed by atoms with van der Waals surface area (Å²) in [5.74, 6) is 1.44. The van der Waals surface area contributed by atoms with E-state index >= 15 is 0 Å². The largest absolute Gasteiger partial charge is 0.470 e. The van der Waals surface area contributed by atoms with E-state index in [0.29, 0.717) is 5.92 Å². The van der Waals surface area contributed by atoms with E-state index < -0.39 is 0 Å². The molecule has 0 saturated heterocycles. The van der Waals surface area contributed by atoms with Crippen molar-refractivity contribution >= 4 is 5.90 Å². The summed E-state index contributed by atoms with van der Waals surface area (Å²) in [7, 11) is 0. The van der Waals surface area contributed by atoms with Gasteiger partial charge in [-0.05, 0) is 32.3 Å². The summed E-state index contributed by atoms with van der Waals surface area (Å²) in [5.41, 5.74) is -0.132. The van der Waals surface area contributed by atoms with Crippen molar-refractivity contribution in [2.75, 3.05) is 0 Å². The Balaban J connectivity index is 2.69. The highest BCUT2D eigenvalue weighted by atomic mass is 16.5. The Kier molecular flexibility index (Phi) is 5.04. The van der Waals surface area contributed by atoms with Gasteiger partial charge in [-0.15, -0.1) is 0 Å². The van der Waals surface area contributed by atoms with Crippen molar-refractivity contribution < 1.29 is 4.74 Å². The molecule has 0 amide bonds. The number of ether oxygens (including phenoxy) is 1. The number of rotatable bonds is 6. The Bertz CT molecular complexity index is 270. The lowest BCUT2D eigenvalue weighted by Gasteiger charge is -2.32. The second kappa shape index (κ2) is 6.07. The molecule has 0 aromatic rings. The minimum Gasteiger partial charge on any atom is -0.470 e. The molecule has 0 aromatic carbocycles.